The van der Waals surface area contributed by atoms with Crippen molar-refractivity contribution in [2.75, 3.05) is 26.2 Å². The average Bonchev–Trinajstić information content (AvgIpc) is 2.37. The van der Waals surface area contributed by atoms with Crippen molar-refractivity contribution in [2.24, 2.45) is 5.73 Å². The van der Waals surface area contributed by atoms with Crippen LogP contribution < -0.4 is 5.73 Å². The van der Waals surface area contributed by atoms with Gasteiger partial charge in [0.25, 0.3) is 0 Å². The van der Waals surface area contributed by atoms with Crippen LogP contribution in [0.5, 0.6) is 0 Å². The van der Waals surface area contributed by atoms with Gasteiger partial charge in [0.2, 0.25) is 5.91 Å². The molecule has 2 saturated heterocycles. The fraction of sp³-hybridized carbons (Fsp3) is 0.923. The number of hydrogen-bond acceptors (Lipinski definition) is 3. The molecule has 2 rings (SSSR count). The average molecular weight is 239 g/mol. The second kappa shape index (κ2) is 5.83. The Morgan fingerprint density at radius 3 is 2.94 bits per heavy atom. The Labute approximate surface area is 104 Å². The highest BCUT2D eigenvalue weighted by Crippen LogP contribution is 2.21. The van der Waals surface area contributed by atoms with Crippen LogP contribution in [-0.2, 0) is 4.79 Å². The molecular weight excluding hydrogens is 214 g/mol. The summed E-state index contributed by atoms with van der Waals surface area (Å²) in [6.45, 7) is 6.10. The molecule has 17 heavy (non-hydrogen) atoms. The summed E-state index contributed by atoms with van der Waals surface area (Å²) in [4.78, 5) is 16.7. The van der Waals surface area contributed by atoms with E-state index in [9.17, 15) is 4.79 Å². The number of amides is 1. The highest BCUT2D eigenvalue weighted by atomic mass is 16.2. The fourth-order valence-electron chi connectivity index (χ4n) is 3.03. The van der Waals surface area contributed by atoms with E-state index in [2.05, 4.69) is 11.8 Å². The van der Waals surface area contributed by atoms with Crippen molar-refractivity contribution < 1.29 is 4.79 Å². The molecule has 0 spiro atoms. The largest absolute Gasteiger partial charge is 0.338 e. The SMILES string of the molecule is CCC[C@@H](N)C(=O)N1CCN2CCCC[C@@H]2C1. The first kappa shape index (κ1) is 12.8. The van der Waals surface area contributed by atoms with Gasteiger partial charge in [0, 0.05) is 25.7 Å². The molecule has 1 amide bonds. The number of piperazine rings is 1. The third kappa shape index (κ3) is 2.99. The second-order valence-electron chi connectivity index (χ2n) is 5.36. The second-order valence-corrected chi connectivity index (χ2v) is 5.36. The molecule has 2 fully saturated rings. The van der Waals surface area contributed by atoms with E-state index < -0.39 is 0 Å². The lowest BCUT2D eigenvalue weighted by Gasteiger charge is -2.44. The smallest absolute Gasteiger partial charge is 0.239 e. The molecule has 0 aliphatic carbocycles. The van der Waals surface area contributed by atoms with Crippen molar-refractivity contribution >= 4 is 5.91 Å². The van der Waals surface area contributed by atoms with Gasteiger partial charge in [-0.05, 0) is 25.8 Å². The summed E-state index contributed by atoms with van der Waals surface area (Å²) in [5, 5.41) is 0. The molecule has 2 aliphatic rings. The number of nitrogens with zero attached hydrogens (tertiary/aromatic N) is 2. The Morgan fingerprint density at radius 2 is 2.18 bits per heavy atom. The first-order valence-electron chi connectivity index (χ1n) is 7.00. The summed E-state index contributed by atoms with van der Waals surface area (Å²) in [6.07, 6.45) is 5.66. The summed E-state index contributed by atoms with van der Waals surface area (Å²) in [6, 6.07) is 0.311. The van der Waals surface area contributed by atoms with Crippen LogP contribution in [0, 0.1) is 0 Å². The number of fused-ring (bicyclic) bond motifs is 1. The van der Waals surface area contributed by atoms with Gasteiger partial charge in [-0.25, -0.2) is 0 Å². The van der Waals surface area contributed by atoms with Gasteiger partial charge in [-0.2, -0.15) is 0 Å². The van der Waals surface area contributed by atoms with Crippen LogP contribution in [0.1, 0.15) is 39.0 Å². The van der Waals surface area contributed by atoms with Gasteiger partial charge < -0.3 is 10.6 Å². The topological polar surface area (TPSA) is 49.6 Å². The maximum Gasteiger partial charge on any atom is 0.239 e. The van der Waals surface area contributed by atoms with Gasteiger partial charge in [0.15, 0.2) is 0 Å². The van der Waals surface area contributed by atoms with E-state index >= 15 is 0 Å². The molecule has 0 saturated carbocycles. The molecule has 4 nitrogen and oxygen atoms in total. The number of rotatable bonds is 3. The molecule has 0 aromatic heterocycles. The zero-order valence-corrected chi connectivity index (χ0v) is 10.9. The van der Waals surface area contributed by atoms with E-state index in [-0.39, 0.29) is 11.9 Å². The van der Waals surface area contributed by atoms with Crippen LogP contribution in [0.4, 0.5) is 0 Å². The monoisotopic (exact) mass is 239 g/mol. The van der Waals surface area contributed by atoms with E-state index in [0.717, 1.165) is 32.5 Å². The standard InChI is InChI=1S/C13H25N3O/c1-2-5-12(14)13(17)16-9-8-15-7-4-3-6-11(15)10-16/h11-12H,2-10,14H2,1H3/t11-,12-/m1/s1. The molecule has 98 valence electrons. The molecular formula is C13H25N3O. The Kier molecular flexibility index (Phi) is 4.40. The third-order valence-corrected chi connectivity index (χ3v) is 4.07. The van der Waals surface area contributed by atoms with Crippen LogP contribution in [0.15, 0.2) is 0 Å². The number of piperidine rings is 1. The number of hydrogen-bond donors (Lipinski definition) is 1. The maximum absolute atomic E-state index is 12.1. The maximum atomic E-state index is 12.1. The zero-order valence-electron chi connectivity index (χ0n) is 10.9. The molecule has 2 aliphatic heterocycles. The molecule has 2 N–H and O–H groups in total. The predicted molar refractivity (Wildman–Crippen MR) is 68.7 cm³/mol. The Morgan fingerprint density at radius 1 is 1.35 bits per heavy atom. The predicted octanol–water partition coefficient (Wildman–Crippen LogP) is 0.811. The van der Waals surface area contributed by atoms with E-state index in [1.54, 1.807) is 0 Å². The van der Waals surface area contributed by atoms with Crippen molar-refractivity contribution in [1.29, 1.82) is 0 Å². The summed E-state index contributed by atoms with van der Waals surface area (Å²) in [5.41, 5.74) is 5.92. The summed E-state index contributed by atoms with van der Waals surface area (Å²) < 4.78 is 0. The van der Waals surface area contributed by atoms with E-state index in [0.29, 0.717) is 6.04 Å². The first-order chi connectivity index (χ1) is 8.22. The molecule has 0 unspecified atom stereocenters. The Balaban J connectivity index is 1.88. The van der Waals surface area contributed by atoms with Gasteiger partial charge in [-0.3, -0.25) is 9.69 Å². The van der Waals surface area contributed by atoms with Crippen molar-refractivity contribution in [3.63, 3.8) is 0 Å². The van der Waals surface area contributed by atoms with Gasteiger partial charge in [-0.1, -0.05) is 19.8 Å². The Bertz CT molecular complexity index is 269. The lowest BCUT2D eigenvalue weighted by molar-refractivity contribution is -0.136. The highest BCUT2D eigenvalue weighted by Gasteiger charge is 2.32. The summed E-state index contributed by atoms with van der Waals surface area (Å²) in [5.74, 6) is 0.164. The molecule has 4 heteroatoms. The van der Waals surface area contributed by atoms with Gasteiger partial charge in [0.05, 0.1) is 6.04 Å². The van der Waals surface area contributed by atoms with Gasteiger partial charge >= 0.3 is 0 Å². The van der Waals surface area contributed by atoms with Crippen LogP contribution in [-0.4, -0.2) is 54.0 Å². The van der Waals surface area contributed by atoms with E-state index in [4.69, 9.17) is 5.73 Å². The molecule has 0 aromatic rings. The molecule has 0 aromatic carbocycles. The number of carbonyl (C=O) groups excluding carboxylic acids is 1. The van der Waals surface area contributed by atoms with Crippen LogP contribution >= 0.6 is 0 Å². The van der Waals surface area contributed by atoms with Crippen LogP contribution in [0.25, 0.3) is 0 Å². The first-order valence-corrected chi connectivity index (χ1v) is 7.00. The third-order valence-electron chi connectivity index (χ3n) is 4.07. The molecule has 2 atom stereocenters. The van der Waals surface area contributed by atoms with E-state index in [1.807, 2.05) is 4.90 Å². The highest BCUT2D eigenvalue weighted by molar-refractivity contribution is 5.81. The number of carbonyl (C=O) groups is 1. The molecule has 2 heterocycles. The lowest BCUT2D eigenvalue weighted by atomic mass is 9.99. The lowest BCUT2D eigenvalue weighted by Crippen LogP contribution is -2.58. The normalized spacial score (nSPS) is 27.6. The van der Waals surface area contributed by atoms with Gasteiger partial charge in [0.1, 0.15) is 0 Å². The fourth-order valence-corrected chi connectivity index (χ4v) is 3.03. The van der Waals surface area contributed by atoms with Crippen LogP contribution in [0.2, 0.25) is 0 Å². The summed E-state index contributed by atoms with van der Waals surface area (Å²) >= 11 is 0. The van der Waals surface area contributed by atoms with Crippen LogP contribution in [0.3, 0.4) is 0 Å². The molecule has 0 bridgehead atoms. The van der Waals surface area contributed by atoms with Crippen molar-refractivity contribution in [3.8, 4) is 0 Å². The zero-order chi connectivity index (χ0) is 12.3. The quantitative estimate of drug-likeness (QED) is 0.793. The van der Waals surface area contributed by atoms with Crippen molar-refractivity contribution in [1.82, 2.24) is 9.80 Å². The van der Waals surface area contributed by atoms with E-state index in [1.165, 1.54) is 25.8 Å². The molecule has 0 radical (unpaired) electrons. The number of nitrogens with two attached hydrogens (primary N) is 1. The van der Waals surface area contributed by atoms with Crippen molar-refractivity contribution in [3.05, 3.63) is 0 Å². The van der Waals surface area contributed by atoms with Gasteiger partial charge in [-0.15, -0.1) is 0 Å². The minimum Gasteiger partial charge on any atom is -0.338 e. The minimum atomic E-state index is -0.282. The Hall–Kier alpha value is -0.610. The van der Waals surface area contributed by atoms with Crippen molar-refractivity contribution in [2.45, 2.75) is 51.1 Å². The minimum absolute atomic E-state index is 0.164. The summed E-state index contributed by atoms with van der Waals surface area (Å²) in [7, 11) is 0.